The maximum Gasteiger partial charge on any atom is 0.119 e. The molecule has 0 aliphatic carbocycles. The summed E-state index contributed by atoms with van der Waals surface area (Å²) in [5.74, 6) is 2.27. The highest BCUT2D eigenvalue weighted by Crippen LogP contribution is 2.32. The van der Waals surface area contributed by atoms with Crippen molar-refractivity contribution in [2.45, 2.75) is 18.8 Å². The highest BCUT2D eigenvalue weighted by molar-refractivity contribution is 5.31. The summed E-state index contributed by atoms with van der Waals surface area (Å²) in [6.07, 6.45) is 2.64. The van der Waals surface area contributed by atoms with E-state index in [4.69, 9.17) is 4.74 Å². The Labute approximate surface area is 116 Å². The van der Waals surface area contributed by atoms with Gasteiger partial charge in [-0.05, 0) is 57.1 Å². The largest absolute Gasteiger partial charge is 0.497 e. The van der Waals surface area contributed by atoms with E-state index in [0.717, 1.165) is 18.2 Å². The summed E-state index contributed by atoms with van der Waals surface area (Å²) in [5.41, 5.74) is 1.40. The lowest BCUT2D eigenvalue weighted by molar-refractivity contribution is 0.185. The van der Waals surface area contributed by atoms with Gasteiger partial charge < -0.3 is 15.0 Å². The van der Waals surface area contributed by atoms with Crippen molar-refractivity contribution in [1.29, 1.82) is 0 Å². The third kappa shape index (κ3) is 3.71. The molecule has 0 radical (unpaired) electrons. The fourth-order valence-electron chi connectivity index (χ4n) is 3.18. The summed E-state index contributed by atoms with van der Waals surface area (Å²) in [7, 11) is 6.01. The molecule has 1 fully saturated rings. The lowest BCUT2D eigenvalue weighted by Crippen LogP contribution is -2.37. The molecule has 1 aromatic rings. The normalized spacial score (nSPS) is 22.2. The smallest absolute Gasteiger partial charge is 0.119 e. The Morgan fingerprint density at radius 3 is 3.00 bits per heavy atom. The molecular formula is C16H26N2O. The molecule has 1 saturated heterocycles. The van der Waals surface area contributed by atoms with Crippen molar-refractivity contribution < 1.29 is 4.74 Å². The quantitative estimate of drug-likeness (QED) is 0.881. The molecule has 0 spiro atoms. The van der Waals surface area contributed by atoms with Gasteiger partial charge in [0.2, 0.25) is 0 Å². The summed E-state index contributed by atoms with van der Waals surface area (Å²) in [6.45, 7) is 3.47. The molecule has 2 rings (SSSR count). The summed E-state index contributed by atoms with van der Waals surface area (Å²) in [6, 6.07) is 8.55. The van der Waals surface area contributed by atoms with E-state index in [2.05, 4.69) is 35.5 Å². The van der Waals surface area contributed by atoms with Gasteiger partial charge in [0.1, 0.15) is 5.75 Å². The van der Waals surface area contributed by atoms with Crippen LogP contribution in [0.5, 0.6) is 5.75 Å². The van der Waals surface area contributed by atoms with Crippen LogP contribution < -0.4 is 10.1 Å². The van der Waals surface area contributed by atoms with Crippen LogP contribution in [0.3, 0.4) is 0 Å². The maximum atomic E-state index is 5.36. The number of piperidine rings is 1. The minimum absolute atomic E-state index is 0.572. The van der Waals surface area contributed by atoms with Gasteiger partial charge >= 0.3 is 0 Å². The Hall–Kier alpha value is -1.06. The number of rotatable bonds is 5. The molecule has 2 atom stereocenters. The number of hydrogen-bond acceptors (Lipinski definition) is 3. The third-order valence-electron chi connectivity index (χ3n) is 4.18. The van der Waals surface area contributed by atoms with Crippen molar-refractivity contribution in [3.05, 3.63) is 29.8 Å². The zero-order valence-electron chi connectivity index (χ0n) is 12.4. The van der Waals surface area contributed by atoms with E-state index in [1.165, 1.54) is 31.5 Å². The molecule has 1 N–H and O–H groups in total. The van der Waals surface area contributed by atoms with Crippen LogP contribution in [0, 0.1) is 5.92 Å². The Kier molecular flexibility index (Phi) is 5.23. The zero-order chi connectivity index (χ0) is 13.7. The molecule has 3 nitrogen and oxygen atoms in total. The molecule has 0 bridgehead atoms. The zero-order valence-corrected chi connectivity index (χ0v) is 12.4. The second-order valence-corrected chi connectivity index (χ2v) is 5.61. The number of hydrogen-bond donors (Lipinski definition) is 1. The van der Waals surface area contributed by atoms with Gasteiger partial charge in [0, 0.05) is 19.0 Å². The van der Waals surface area contributed by atoms with E-state index >= 15 is 0 Å². The summed E-state index contributed by atoms with van der Waals surface area (Å²) in [4.78, 5) is 2.46. The number of likely N-dealkylation sites (tertiary alicyclic amines) is 1. The lowest BCUT2D eigenvalue weighted by atomic mass is 9.81. The van der Waals surface area contributed by atoms with E-state index in [9.17, 15) is 0 Å². The topological polar surface area (TPSA) is 24.5 Å². The van der Waals surface area contributed by atoms with E-state index in [1.54, 1.807) is 7.11 Å². The van der Waals surface area contributed by atoms with Gasteiger partial charge in [-0.3, -0.25) is 0 Å². The van der Waals surface area contributed by atoms with Crippen LogP contribution in [0.1, 0.15) is 24.3 Å². The van der Waals surface area contributed by atoms with Gasteiger partial charge in [0.25, 0.3) is 0 Å². The number of ether oxygens (including phenoxy) is 1. The molecule has 1 aliphatic rings. The molecule has 19 heavy (non-hydrogen) atoms. The molecule has 0 amide bonds. The maximum absolute atomic E-state index is 5.36. The molecule has 0 saturated carbocycles. The van der Waals surface area contributed by atoms with Gasteiger partial charge in [-0.25, -0.2) is 0 Å². The van der Waals surface area contributed by atoms with Crippen molar-refractivity contribution in [3.63, 3.8) is 0 Å². The van der Waals surface area contributed by atoms with Gasteiger partial charge in [-0.2, -0.15) is 0 Å². The van der Waals surface area contributed by atoms with Crippen LogP contribution in [-0.4, -0.2) is 45.7 Å². The Morgan fingerprint density at radius 1 is 1.47 bits per heavy atom. The SMILES string of the molecule is CNCC(c1cccc(OC)c1)C1CCCN(C)C1. The number of benzene rings is 1. The van der Waals surface area contributed by atoms with Gasteiger partial charge in [-0.15, -0.1) is 0 Å². The van der Waals surface area contributed by atoms with E-state index in [1.807, 2.05) is 13.1 Å². The highest BCUT2D eigenvalue weighted by Gasteiger charge is 2.26. The molecule has 106 valence electrons. The van der Waals surface area contributed by atoms with Crippen LogP contribution in [0.15, 0.2) is 24.3 Å². The number of nitrogens with one attached hydrogen (secondary N) is 1. The second kappa shape index (κ2) is 6.92. The molecular weight excluding hydrogens is 236 g/mol. The second-order valence-electron chi connectivity index (χ2n) is 5.61. The van der Waals surface area contributed by atoms with E-state index in [-0.39, 0.29) is 0 Å². The molecule has 1 heterocycles. The van der Waals surface area contributed by atoms with Crippen molar-refractivity contribution >= 4 is 0 Å². The Morgan fingerprint density at radius 2 is 2.32 bits per heavy atom. The molecule has 1 aliphatic heterocycles. The standard InChI is InChI=1S/C16H26N2O/c1-17-11-16(14-7-5-9-18(2)12-14)13-6-4-8-15(10-13)19-3/h4,6,8,10,14,16-17H,5,7,9,11-12H2,1-3H3. The van der Waals surface area contributed by atoms with Crippen LogP contribution >= 0.6 is 0 Å². The van der Waals surface area contributed by atoms with Crippen LogP contribution in [0.2, 0.25) is 0 Å². The van der Waals surface area contributed by atoms with E-state index in [0.29, 0.717) is 5.92 Å². The van der Waals surface area contributed by atoms with Gasteiger partial charge in [0.05, 0.1) is 7.11 Å². The predicted molar refractivity (Wildman–Crippen MR) is 79.9 cm³/mol. The Balaban J connectivity index is 2.17. The minimum atomic E-state index is 0.572. The van der Waals surface area contributed by atoms with Crippen molar-refractivity contribution in [2.24, 2.45) is 5.92 Å². The molecule has 0 aromatic heterocycles. The molecule has 2 unspecified atom stereocenters. The summed E-state index contributed by atoms with van der Waals surface area (Å²) < 4.78 is 5.36. The van der Waals surface area contributed by atoms with Gasteiger partial charge in [-0.1, -0.05) is 12.1 Å². The first-order valence-electron chi connectivity index (χ1n) is 7.21. The van der Waals surface area contributed by atoms with Crippen molar-refractivity contribution in [3.8, 4) is 5.75 Å². The summed E-state index contributed by atoms with van der Waals surface area (Å²) in [5, 5.41) is 3.36. The Bertz CT molecular complexity index is 394. The first-order chi connectivity index (χ1) is 9.24. The minimum Gasteiger partial charge on any atom is -0.497 e. The molecule has 1 aromatic carbocycles. The number of nitrogens with zero attached hydrogens (tertiary/aromatic N) is 1. The first kappa shape index (κ1) is 14.4. The number of methoxy groups -OCH3 is 1. The average molecular weight is 262 g/mol. The highest BCUT2D eigenvalue weighted by atomic mass is 16.5. The van der Waals surface area contributed by atoms with Crippen molar-refractivity contribution in [1.82, 2.24) is 10.2 Å². The fraction of sp³-hybridized carbons (Fsp3) is 0.625. The summed E-state index contributed by atoms with van der Waals surface area (Å²) >= 11 is 0. The van der Waals surface area contributed by atoms with Crippen LogP contribution in [-0.2, 0) is 0 Å². The van der Waals surface area contributed by atoms with Crippen LogP contribution in [0.25, 0.3) is 0 Å². The molecule has 3 heteroatoms. The van der Waals surface area contributed by atoms with Gasteiger partial charge in [0.15, 0.2) is 0 Å². The number of likely N-dealkylation sites (N-methyl/N-ethyl adjacent to an activating group) is 1. The third-order valence-corrected chi connectivity index (χ3v) is 4.18. The first-order valence-corrected chi connectivity index (χ1v) is 7.21. The average Bonchev–Trinajstić information content (AvgIpc) is 2.45. The lowest BCUT2D eigenvalue weighted by Gasteiger charge is -2.35. The van der Waals surface area contributed by atoms with Crippen molar-refractivity contribution in [2.75, 3.05) is 40.8 Å². The van der Waals surface area contributed by atoms with Crippen LogP contribution in [0.4, 0.5) is 0 Å². The predicted octanol–water partition coefficient (Wildman–Crippen LogP) is 2.34. The fourth-order valence-corrected chi connectivity index (χ4v) is 3.18. The monoisotopic (exact) mass is 262 g/mol. The van der Waals surface area contributed by atoms with E-state index < -0.39 is 0 Å².